The Morgan fingerprint density at radius 3 is 2.67 bits per heavy atom. The highest BCUT2D eigenvalue weighted by atomic mass is 32.2. The van der Waals surface area contributed by atoms with Crippen LogP contribution in [0.3, 0.4) is 0 Å². The van der Waals surface area contributed by atoms with Crippen LogP contribution >= 0.6 is 0 Å². The fraction of sp³-hybridized carbons (Fsp3) is 0.500. The molecule has 116 valence electrons. The number of nitrogens with zero attached hydrogens (tertiary/aromatic N) is 1. The molecule has 4 N–H and O–H groups in total. The summed E-state index contributed by atoms with van der Waals surface area (Å²) in [4.78, 5) is 9.90. The molecule has 0 unspecified atom stereocenters. The highest BCUT2D eigenvalue weighted by Crippen LogP contribution is 2.33. The molecule has 1 saturated carbocycles. The third-order valence-corrected chi connectivity index (χ3v) is 4.90. The second-order valence-corrected chi connectivity index (χ2v) is 6.80. The quantitative estimate of drug-likeness (QED) is 0.287. The van der Waals surface area contributed by atoms with Gasteiger partial charge in [-0.1, -0.05) is 12.8 Å². The summed E-state index contributed by atoms with van der Waals surface area (Å²) in [5.74, 6) is 5.99. The molecule has 0 bridgehead atoms. The average molecular weight is 314 g/mol. The van der Waals surface area contributed by atoms with E-state index in [1.54, 1.807) is 0 Å². The monoisotopic (exact) mass is 314 g/mol. The van der Waals surface area contributed by atoms with E-state index in [-0.39, 0.29) is 16.3 Å². The molecule has 0 radical (unpaired) electrons. The molecule has 1 aromatic carbocycles. The van der Waals surface area contributed by atoms with Crippen molar-refractivity contribution in [3.8, 4) is 0 Å². The maximum Gasteiger partial charge on any atom is 0.270 e. The topological polar surface area (TPSA) is 127 Å². The lowest BCUT2D eigenvalue weighted by Crippen LogP contribution is -2.26. The molecule has 1 aliphatic carbocycles. The molecule has 0 saturated heterocycles. The number of anilines is 1. The fourth-order valence-corrected chi connectivity index (χ4v) is 3.31. The first-order chi connectivity index (χ1) is 9.94. The normalized spacial score (nSPS) is 14.9. The summed E-state index contributed by atoms with van der Waals surface area (Å²) in [5, 5.41) is 10.8. The number of nitrogens with two attached hydrogens (primary N) is 1. The van der Waals surface area contributed by atoms with E-state index >= 15 is 0 Å². The predicted molar refractivity (Wildman–Crippen MR) is 78.1 cm³/mol. The van der Waals surface area contributed by atoms with Crippen molar-refractivity contribution in [2.24, 2.45) is 11.8 Å². The summed E-state index contributed by atoms with van der Waals surface area (Å²) in [5.41, 5.74) is 2.07. The number of hydrazine groups is 1. The summed E-state index contributed by atoms with van der Waals surface area (Å²) in [7, 11) is -3.83. The van der Waals surface area contributed by atoms with E-state index in [1.807, 2.05) is 0 Å². The lowest BCUT2D eigenvalue weighted by atomic mass is 10.2. The molecule has 0 amide bonds. The minimum atomic E-state index is -3.83. The zero-order chi connectivity index (χ0) is 15.5. The number of benzene rings is 1. The molecule has 0 atom stereocenters. The Labute approximate surface area is 122 Å². The Balaban J connectivity index is 2.12. The van der Waals surface area contributed by atoms with Gasteiger partial charge in [-0.3, -0.25) is 16.0 Å². The second kappa shape index (κ2) is 6.37. The third-order valence-electron chi connectivity index (χ3n) is 3.40. The molecule has 21 heavy (non-hydrogen) atoms. The molecule has 2 rings (SSSR count). The zero-order valence-corrected chi connectivity index (χ0v) is 12.2. The first-order valence-corrected chi connectivity index (χ1v) is 8.17. The highest BCUT2D eigenvalue weighted by Gasteiger charge is 2.23. The Morgan fingerprint density at radius 2 is 2.10 bits per heavy atom. The van der Waals surface area contributed by atoms with Crippen LogP contribution in [0.25, 0.3) is 0 Å². The number of non-ortho nitro benzene ring substituents is 1. The van der Waals surface area contributed by atoms with E-state index < -0.39 is 14.9 Å². The fourth-order valence-electron chi connectivity index (χ4n) is 2.05. The van der Waals surface area contributed by atoms with Crippen LogP contribution in [0, 0.1) is 16.0 Å². The van der Waals surface area contributed by atoms with Gasteiger partial charge >= 0.3 is 0 Å². The standard InChI is InChI=1S/C12H18N4O4S/c13-15-11-6-5-10(16(17)18)8-12(11)21(19,20)14-7-1-2-9-3-4-9/h5-6,8-9,14-15H,1-4,7,13H2. The smallest absolute Gasteiger partial charge is 0.270 e. The number of rotatable bonds is 8. The summed E-state index contributed by atoms with van der Waals surface area (Å²) < 4.78 is 26.9. The first kappa shape index (κ1) is 15.7. The Bertz CT molecular complexity index is 628. The van der Waals surface area contributed by atoms with E-state index in [4.69, 9.17) is 5.84 Å². The van der Waals surface area contributed by atoms with Crippen molar-refractivity contribution in [1.82, 2.24) is 4.72 Å². The Morgan fingerprint density at radius 1 is 1.38 bits per heavy atom. The number of nitro benzene ring substituents is 1. The second-order valence-electron chi connectivity index (χ2n) is 5.07. The van der Waals surface area contributed by atoms with Crippen molar-refractivity contribution < 1.29 is 13.3 Å². The van der Waals surface area contributed by atoms with E-state index in [0.29, 0.717) is 6.54 Å². The van der Waals surface area contributed by atoms with Crippen molar-refractivity contribution in [1.29, 1.82) is 0 Å². The van der Waals surface area contributed by atoms with Gasteiger partial charge in [0.1, 0.15) is 4.90 Å². The van der Waals surface area contributed by atoms with Crippen LogP contribution in [0.1, 0.15) is 25.7 Å². The third kappa shape index (κ3) is 4.13. The predicted octanol–water partition coefficient (Wildman–Crippen LogP) is 1.35. The van der Waals surface area contributed by atoms with Crippen molar-refractivity contribution in [3.05, 3.63) is 28.3 Å². The lowest BCUT2D eigenvalue weighted by Gasteiger charge is -2.10. The van der Waals surface area contributed by atoms with Gasteiger partial charge in [0.05, 0.1) is 10.6 Å². The molecule has 9 heteroatoms. The van der Waals surface area contributed by atoms with Gasteiger partial charge in [-0.15, -0.1) is 0 Å². The molecule has 1 fully saturated rings. The van der Waals surface area contributed by atoms with Gasteiger partial charge in [-0.25, -0.2) is 13.1 Å². The van der Waals surface area contributed by atoms with Crippen LogP contribution in [0.15, 0.2) is 23.1 Å². The number of nitro groups is 1. The van der Waals surface area contributed by atoms with Crippen LogP contribution in [0.2, 0.25) is 0 Å². The van der Waals surface area contributed by atoms with E-state index in [9.17, 15) is 18.5 Å². The van der Waals surface area contributed by atoms with Gasteiger partial charge in [-0.2, -0.15) is 0 Å². The van der Waals surface area contributed by atoms with Gasteiger partial charge in [0.2, 0.25) is 10.0 Å². The van der Waals surface area contributed by atoms with Crippen molar-refractivity contribution in [2.75, 3.05) is 12.0 Å². The molecular formula is C12H18N4O4S. The maximum atomic E-state index is 12.2. The molecule has 8 nitrogen and oxygen atoms in total. The number of sulfonamides is 1. The minimum absolute atomic E-state index is 0.121. The average Bonchev–Trinajstić information content (AvgIpc) is 3.27. The number of hydrogen-bond donors (Lipinski definition) is 3. The van der Waals surface area contributed by atoms with E-state index in [2.05, 4.69) is 10.1 Å². The molecule has 0 aliphatic heterocycles. The van der Waals surface area contributed by atoms with E-state index in [0.717, 1.165) is 24.8 Å². The molecular weight excluding hydrogens is 296 g/mol. The number of nitrogen functional groups attached to an aromatic ring is 1. The molecule has 1 aromatic rings. The van der Waals surface area contributed by atoms with Gasteiger partial charge in [-0.05, 0) is 24.8 Å². The van der Waals surface area contributed by atoms with Gasteiger partial charge in [0, 0.05) is 18.7 Å². The highest BCUT2D eigenvalue weighted by molar-refractivity contribution is 7.89. The number of nitrogens with one attached hydrogen (secondary N) is 2. The molecule has 1 aliphatic rings. The van der Waals surface area contributed by atoms with E-state index in [1.165, 1.54) is 25.0 Å². The first-order valence-electron chi connectivity index (χ1n) is 6.69. The largest absolute Gasteiger partial charge is 0.323 e. The van der Waals surface area contributed by atoms with Gasteiger partial charge in [0.25, 0.3) is 5.69 Å². The zero-order valence-electron chi connectivity index (χ0n) is 11.4. The summed E-state index contributed by atoms with van der Waals surface area (Å²) in [6.07, 6.45) is 4.20. The van der Waals surface area contributed by atoms with Crippen LogP contribution in [0.5, 0.6) is 0 Å². The summed E-state index contributed by atoms with van der Waals surface area (Å²) in [6.45, 7) is 0.311. The Hall–Kier alpha value is -1.71. The van der Waals surface area contributed by atoms with Crippen LogP contribution in [-0.2, 0) is 10.0 Å². The molecule has 0 aromatic heterocycles. The summed E-state index contributed by atoms with van der Waals surface area (Å²) in [6, 6.07) is 3.47. The maximum absolute atomic E-state index is 12.2. The van der Waals surface area contributed by atoms with Crippen molar-refractivity contribution >= 4 is 21.4 Å². The van der Waals surface area contributed by atoms with Gasteiger partial charge in [0.15, 0.2) is 0 Å². The Kier molecular flexibility index (Phi) is 4.76. The van der Waals surface area contributed by atoms with Crippen LogP contribution in [-0.4, -0.2) is 19.9 Å². The number of hydrogen-bond acceptors (Lipinski definition) is 6. The van der Waals surface area contributed by atoms with Crippen LogP contribution in [0.4, 0.5) is 11.4 Å². The van der Waals surface area contributed by atoms with Gasteiger partial charge < -0.3 is 5.43 Å². The molecule has 0 heterocycles. The van der Waals surface area contributed by atoms with Crippen molar-refractivity contribution in [3.63, 3.8) is 0 Å². The molecule has 0 spiro atoms. The van der Waals surface area contributed by atoms with Crippen LogP contribution < -0.4 is 16.0 Å². The van der Waals surface area contributed by atoms with Crippen molar-refractivity contribution in [2.45, 2.75) is 30.6 Å². The summed E-state index contributed by atoms with van der Waals surface area (Å²) >= 11 is 0. The minimum Gasteiger partial charge on any atom is -0.323 e. The SMILES string of the molecule is NNc1ccc([N+](=O)[O-])cc1S(=O)(=O)NCCCC1CC1. The lowest BCUT2D eigenvalue weighted by molar-refractivity contribution is -0.385.